The number of nitrogens with zero attached hydrogens (tertiary/aromatic N) is 2. The molecule has 5 rings (SSSR count). The molecule has 3 aromatic rings. The zero-order valence-electron chi connectivity index (χ0n) is 18.0. The van der Waals surface area contributed by atoms with Crippen LogP contribution in [0.15, 0.2) is 78.9 Å². The number of para-hydroxylation sites is 1. The summed E-state index contributed by atoms with van der Waals surface area (Å²) in [6.07, 6.45) is 1.13. The lowest BCUT2D eigenvalue weighted by molar-refractivity contribution is 0.171. The summed E-state index contributed by atoms with van der Waals surface area (Å²) in [6.45, 7) is 6.54. The average molecular weight is 415 g/mol. The number of piperazine rings is 1. The number of benzene rings is 3. The van der Waals surface area contributed by atoms with Gasteiger partial charge in [-0.1, -0.05) is 66.7 Å². The molecule has 3 aromatic carbocycles. The molecule has 0 amide bonds. The van der Waals surface area contributed by atoms with Gasteiger partial charge in [0.05, 0.1) is 5.69 Å². The maximum absolute atomic E-state index is 5.93. The normalized spacial score (nSPS) is 16.5. The van der Waals surface area contributed by atoms with Gasteiger partial charge in [-0.2, -0.15) is 0 Å². The molecule has 1 fully saturated rings. The molecular weight excluding hydrogens is 384 g/mol. The van der Waals surface area contributed by atoms with Crippen LogP contribution in [0.1, 0.15) is 23.5 Å². The van der Waals surface area contributed by atoms with E-state index >= 15 is 0 Å². The summed E-state index contributed by atoms with van der Waals surface area (Å²) in [4.78, 5) is 5.04. The lowest BCUT2D eigenvalue weighted by Gasteiger charge is -2.38. The van der Waals surface area contributed by atoms with Crippen molar-refractivity contribution in [2.45, 2.75) is 12.3 Å². The van der Waals surface area contributed by atoms with Crippen LogP contribution >= 0.6 is 0 Å². The maximum atomic E-state index is 5.93. The van der Waals surface area contributed by atoms with Crippen molar-refractivity contribution >= 4 is 5.69 Å². The van der Waals surface area contributed by atoms with Gasteiger partial charge < -0.3 is 14.4 Å². The van der Waals surface area contributed by atoms with E-state index in [9.17, 15) is 0 Å². The Labute approximate surface area is 185 Å². The van der Waals surface area contributed by atoms with E-state index in [0.29, 0.717) is 19.1 Å². The quantitative estimate of drug-likeness (QED) is 0.578. The molecule has 0 radical (unpaired) electrons. The van der Waals surface area contributed by atoms with E-state index in [-0.39, 0.29) is 0 Å². The third kappa shape index (κ3) is 4.54. The van der Waals surface area contributed by atoms with Gasteiger partial charge in [-0.05, 0) is 36.2 Å². The molecule has 160 valence electrons. The summed E-state index contributed by atoms with van der Waals surface area (Å²) in [7, 11) is 0. The van der Waals surface area contributed by atoms with E-state index in [4.69, 9.17) is 9.47 Å². The number of ether oxygens (including phenoxy) is 2. The van der Waals surface area contributed by atoms with E-state index in [1.54, 1.807) is 0 Å². The van der Waals surface area contributed by atoms with Crippen LogP contribution in [0, 0.1) is 0 Å². The van der Waals surface area contributed by atoms with E-state index in [1.165, 1.54) is 16.8 Å². The van der Waals surface area contributed by atoms with Crippen molar-refractivity contribution in [3.05, 3.63) is 90.0 Å². The topological polar surface area (TPSA) is 24.9 Å². The lowest BCUT2D eigenvalue weighted by atomic mass is 9.88. The monoisotopic (exact) mass is 414 g/mol. The first-order valence-corrected chi connectivity index (χ1v) is 11.3. The van der Waals surface area contributed by atoms with Gasteiger partial charge >= 0.3 is 0 Å². The maximum Gasteiger partial charge on any atom is 0.184 e. The Morgan fingerprint density at radius 1 is 0.677 bits per heavy atom. The first kappa shape index (κ1) is 20.0. The minimum atomic E-state index is 0.437. The van der Waals surface area contributed by atoms with Gasteiger partial charge in [0.2, 0.25) is 0 Å². The van der Waals surface area contributed by atoms with Crippen molar-refractivity contribution in [1.29, 1.82) is 0 Å². The van der Waals surface area contributed by atoms with E-state index in [2.05, 4.69) is 82.6 Å². The van der Waals surface area contributed by atoms with Gasteiger partial charge in [0.25, 0.3) is 0 Å². The fourth-order valence-electron chi connectivity index (χ4n) is 4.73. The summed E-state index contributed by atoms with van der Waals surface area (Å²) >= 11 is 0. The van der Waals surface area contributed by atoms with Gasteiger partial charge in [-0.25, -0.2) is 0 Å². The number of hydrogen-bond acceptors (Lipinski definition) is 4. The van der Waals surface area contributed by atoms with Crippen molar-refractivity contribution < 1.29 is 9.47 Å². The van der Waals surface area contributed by atoms with Crippen molar-refractivity contribution in [2.75, 3.05) is 50.8 Å². The molecule has 2 aliphatic heterocycles. The van der Waals surface area contributed by atoms with Crippen LogP contribution in [0.3, 0.4) is 0 Å². The molecule has 2 heterocycles. The first-order valence-electron chi connectivity index (χ1n) is 11.3. The Morgan fingerprint density at radius 3 is 2.00 bits per heavy atom. The second-order valence-electron chi connectivity index (χ2n) is 8.29. The molecule has 0 spiro atoms. The predicted molar refractivity (Wildman–Crippen MR) is 125 cm³/mol. The van der Waals surface area contributed by atoms with Crippen molar-refractivity contribution in [1.82, 2.24) is 4.90 Å². The Kier molecular flexibility index (Phi) is 6.08. The highest BCUT2D eigenvalue weighted by Crippen LogP contribution is 2.39. The highest BCUT2D eigenvalue weighted by Gasteiger charge is 2.24. The third-order valence-corrected chi connectivity index (χ3v) is 6.40. The summed E-state index contributed by atoms with van der Waals surface area (Å²) in [5.74, 6) is 2.22. The van der Waals surface area contributed by atoms with E-state index in [0.717, 1.165) is 50.6 Å². The Hall–Kier alpha value is -2.98. The fraction of sp³-hybridized carbons (Fsp3) is 0.333. The van der Waals surface area contributed by atoms with Crippen molar-refractivity contribution in [3.63, 3.8) is 0 Å². The second kappa shape index (κ2) is 9.44. The second-order valence-corrected chi connectivity index (χ2v) is 8.29. The standard InChI is InChI=1S/C27H30N2O2/c1-3-8-22(9-4-1)24(23-10-5-2-6-11-23)14-15-28-16-18-29(19-17-28)25-12-7-13-26-27(25)31-21-20-30-26/h1-13,24H,14-21H2. The van der Waals surface area contributed by atoms with Crippen LogP contribution < -0.4 is 14.4 Å². The zero-order chi connectivity index (χ0) is 20.9. The van der Waals surface area contributed by atoms with E-state index < -0.39 is 0 Å². The molecule has 1 saturated heterocycles. The molecule has 0 aromatic heterocycles. The SMILES string of the molecule is c1ccc(C(CCN2CCN(c3cccc4c3OCCO4)CC2)c2ccccc2)cc1. The Balaban J connectivity index is 1.22. The van der Waals surface area contributed by atoms with Crippen LogP contribution in [0.25, 0.3) is 0 Å². The molecule has 31 heavy (non-hydrogen) atoms. The molecule has 4 heteroatoms. The van der Waals surface area contributed by atoms with Gasteiger partial charge in [-0.3, -0.25) is 4.90 Å². The lowest BCUT2D eigenvalue weighted by Crippen LogP contribution is -2.47. The molecule has 0 saturated carbocycles. The smallest absolute Gasteiger partial charge is 0.184 e. The number of hydrogen-bond donors (Lipinski definition) is 0. The van der Waals surface area contributed by atoms with Crippen LogP contribution in [-0.2, 0) is 0 Å². The van der Waals surface area contributed by atoms with Crippen LogP contribution in [0.5, 0.6) is 11.5 Å². The minimum absolute atomic E-state index is 0.437. The van der Waals surface area contributed by atoms with Crippen molar-refractivity contribution in [3.8, 4) is 11.5 Å². The van der Waals surface area contributed by atoms with Crippen LogP contribution in [-0.4, -0.2) is 50.8 Å². The summed E-state index contributed by atoms with van der Waals surface area (Å²) < 4.78 is 11.7. The molecular formula is C27H30N2O2. The molecule has 2 aliphatic rings. The number of anilines is 1. The van der Waals surface area contributed by atoms with Crippen LogP contribution in [0.4, 0.5) is 5.69 Å². The first-order chi connectivity index (χ1) is 15.4. The molecule has 0 aliphatic carbocycles. The third-order valence-electron chi connectivity index (χ3n) is 6.40. The van der Waals surface area contributed by atoms with Gasteiger partial charge in [0, 0.05) is 32.1 Å². The molecule has 0 N–H and O–H groups in total. The Bertz CT molecular complexity index is 930. The molecule has 0 atom stereocenters. The number of rotatable bonds is 6. The molecule has 0 unspecified atom stereocenters. The summed E-state index contributed by atoms with van der Waals surface area (Å²) in [6, 6.07) is 28.1. The summed E-state index contributed by atoms with van der Waals surface area (Å²) in [5.41, 5.74) is 3.98. The van der Waals surface area contributed by atoms with Crippen molar-refractivity contribution in [2.24, 2.45) is 0 Å². The van der Waals surface area contributed by atoms with Gasteiger partial charge in [0.15, 0.2) is 11.5 Å². The predicted octanol–water partition coefficient (Wildman–Crippen LogP) is 4.80. The average Bonchev–Trinajstić information content (AvgIpc) is 2.86. The largest absolute Gasteiger partial charge is 0.486 e. The van der Waals surface area contributed by atoms with Crippen LogP contribution in [0.2, 0.25) is 0 Å². The van der Waals surface area contributed by atoms with Gasteiger partial charge in [-0.15, -0.1) is 0 Å². The minimum Gasteiger partial charge on any atom is -0.486 e. The number of fused-ring (bicyclic) bond motifs is 1. The van der Waals surface area contributed by atoms with Gasteiger partial charge in [0.1, 0.15) is 13.2 Å². The zero-order valence-corrected chi connectivity index (χ0v) is 18.0. The Morgan fingerprint density at radius 2 is 1.32 bits per heavy atom. The molecule has 4 nitrogen and oxygen atoms in total. The highest BCUT2D eigenvalue weighted by molar-refractivity contribution is 5.65. The molecule has 0 bridgehead atoms. The summed E-state index contributed by atoms with van der Waals surface area (Å²) in [5, 5.41) is 0. The van der Waals surface area contributed by atoms with E-state index in [1.807, 2.05) is 6.07 Å². The highest BCUT2D eigenvalue weighted by atomic mass is 16.6. The fourth-order valence-corrected chi connectivity index (χ4v) is 4.73.